The van der Waals surface area contributed by atoms with E-state index in [1.807, 2.05) is 0 Å². The molecule has 5 heteroatoms. The fraction of sp³-hybridized carbons (Fsp3) is 0.200. The third kappa shape index (κ3) is 1.36. The summed E-state index contributed by atoms with van der Waals surface area (Å²) in [6.07, 6.45) is 0. The van der Waals surface area contributed by atoms with Crippen LogP contribution in [0.3, 0.4) is 0 Å². The average molecular weight is 178 g/mol. The van der Waals surface area contributed by atoms with E-state index in [-0.39, 0.29) is 0 Å². The van der Waals surface area contributed by atoms with E-state index in [9.17, 15) is 8.42 Å². The molecule has 0 aromatic carbocycles. The fourth-order valence-corrected chi connectivity index (χ4v) is 3.44. The molecule has 1 heterocycles. The van der Waals surface area contributed by atoms with E-state index >= 15 is 0 Å². The molecule has 0 saturated heterocycles. The van der Waals surface area contributed by atoms with Crippen molar-refractivity contribution in [2.45, 2.75) is 0 Å². The fourth-order valence-electron chi connectivity index (χ4n) is 0.533. The molecule has 3 nitrogen and oxygen atoms in total. The van der Waals surface area contributed by atoms with Gasteiger partial charge in [-0.1, -0.05) is 0 Å². The minimum absolute atomic E-state index is 0.738. The Balaban J connectivity index is 3.09. The maximum atomic E-state index is 11.0. The lowest BCUT2D eigenvalue weighted by Gasteiger charge is -1.86. The van der Waals surface area contributed by atoms with Gasteiger partial charge in [0.2, 0.25) is 0 Å². The standard InChI is InChI=1S/C5H8NO2S2/c1-6-10(7,8)9-4-2-3-5-9/h2-6H,1H3/q+1. The van der Waals surface area contributed by atoms with Crippen LogP contribution in [0.15, 0.2) is 22.9 Å². The van der Waals surface area contributed by atoms with E-state index < -0.39 is 18.6 Å². The number of nitrogens with one attached hydrogen (secondary N) is 1. The van der Waals surface area contributed by atoms with E-state index in [1.165, 1.54) is 7.05 Å². The molecule has 0 radical (unpaired) electrons. The van der Waals surface area contributed by atoms with Crippen molar-refractivity contribution < 1.29 is 8.42 Å². The van der Waals surface area contributed by atoms with Crippen LogP contribution >= 0.6 is 9.50 Å². The SMILES string of the molecule is CNS(=O)(=O)[s+]1cccc1. The van der Waals surface area contributed by atoms with Gasteiger partial charge in [0.1, 0.15) is 9.50 Å². The van der Waals surface area contributed by atoms with Crippen LogP contribution in [-0.4, -0.2) is 15.5 Å². The van der Waals surface area contributed by atoms with Gasteiger partial charge in [-0.25, -0.2) is 0 Å². The first-order valence-electron chi connectivity index (χ1n) is 2.68. The summed E-state index contributed by atoms with van der Waals surface area (Å²) < 4.78 is 24.3. The van der Waals surface area contributed by atoms with E-state index in [1.54, 1.807) is 22.9 Å². The molecule has 56 valence electrons. The molecule has 10 heavy (non-hydrogen) atoms. The van der Waals surface area contributed by atoms with Gasteiger partial charge in [0.15, 0.2) is 10.8 Å². The lowest BCUT2D eigenvalue weighted by Crippen LogP contribution is -2.13. The van der Waals surface area contributed by atoms with Gasteiger partial charge in [0, 0.05) is 7.05 Å². The topological polar surface area (TPSA) is 46.2 Å². The lowest BCUT2D eigenvalue weighted by atomic mass is 10.7. The number of hydrogen-bond donors (Lipinski definition) is 1. The number of rotatable bonds is 2. The van der Waals surface area contributed by atoms with Crippen molar-refractivity contribution in [1.29, 1.82) is 0 Å². The predicted molar refractivity (Wildman–Crippen MR) is 42.3 cm³/mol. The average Bonchev–Trinajstić information content (AvgIpc) is 2.38. The third-order valence-electron chi connectivity index (χ3n) is 1.04. The molecule has 0 aliphatic rings. The summed E-state index contributed by atoms with van der Waals surface area (Å²) in [5.74, 6) is 0. The predicted octanol–water partition coefficient (Wildman–Crippen LogP) is 0.748. The van der Waals surface area contributed by atoms with Gasteiger partial charge in [-0.15, -0.1) is 0 Å². The Morgan fingerprint density at radius 2 is 1.80 bits per heavy atom. The Hall–Kier alpha value is -0.390. The summed E-state index contributed by atoms with van der Waals surface area (Å²) in [6.45, 7) is 0. The Morgan fingerprint density at radius 3 is 2.20 bits per heavy atom. The quantitative estimate of drug-likeness (QED) is 0.536. The minimum atomic E-state index is -3.09. The highest BCUT2D eigenvalue weighted by molar-refractivity contribution is 8.37. The molecule has 1 aromatic rings. The summed E-state index contributed by atoms with van der Waals surface area (Å²) in [5, 5.41) is 3.32. The Labute approximate surface area is 62.1 Å². The van der Waals surface area contributed by atoms with Crippen LogP contribution in [0.25, 0.3) is 0 Å². The number of hydrogen-bond acceptors (Lipinski definition) is 2. The van der Waals surface area contributed by atoms with Crippen LogP contribution in [0.4, 0.5) is 0 Å². The molecule has 0 spiro atoms. The van der Waals surface area contributed by atoms with Crippen LogP contribution in [0.5, 0.6) is 0 Å². The zero-order chi connectivity index (χ0) is 7.61. The van der Waals surface area contributed by atoms with Gasteiger partial charge in [0.05, 0.1) is 0 Å². The van der Waals surface area contributed by atoms with Crippen molar-refractivity contribution in [3.8, 4) is 0 Å². The maximum Gasteiger partial charge on any atom is 0.409 e. The van der Waals surface area contributed by atoms with Crippen molar-refractivity contribution in [2.75, 3.05) is 7.05 Å². The van der Waals surface area contributed by atoms with Gasteiger partial charge in [0.25, 0.3) is 0 Å². The van der Waals surface area contributed by atoms with E-state index in [4.69, 9.17) is 0 Å². The van der Waals surface area contributed by atoms with Crippen molar-refractivity contribution >= 4 is 18.6 Å². The second kappa shape index (κ2) is 2.69. The molecule has 1 rings (SSSR count). The summed E-state index contributed by atoms with van der Waals surface area (Å²) >= 11 is 0. The molecular formula is C5H8NO2S2+. The Bertz CT molecular complexity index is 287. The Kier molecular flexibility index (Phi) is 2.08. The van der Waals surface area contributed by atoms with Gasteiger partial charge in [-0.3, -0.25) is 0 Å². The number of thiophene rings is 1. The van der Waals surface area contributed by atoms with Crippen LogP contribution in [0.1, 0.15) is 0 Å². The van der Waals surface area contributed by atoms with E-state index in [0.717, 1.165) is 0 Å². The molecule has 1 N–H and O–H groups in total. The molecule has 0 bridgehead atoms. The monoisotopic (exact) mass is 178 g/mol. The molecule has 0 aliphatic heterocycles. The zero-order valence-electron chi connectivity index (χ0n) is 5.44. The first-order chi connectivity index (χ1) is 4.67. The zero-order valence-corrected chi connectivity index (χ0v) is 7.08. The largest absolute Gasteiger partial charge is 0.409 e. The van der Waals surface area contributed by atoms with Gasteiger partial charge < -0.3 is 0 Å². The van der Waals surface area contributed by atoms with Crippen LogP contribution in [0, 0.1) is 0 Å². The molecule has 0 amide bonds. The van der Waals surface area contributed by atoms with Crippen LogP contribution in [0.2, 0.25) is 0 Å². The van der Waals surface area contributed by atoms with Gasteiger partial charge >= 0.3 is 9.06 Å². The maximum absolute atomic E-state index is 11.0. The van der Waals surface area contributed by atoms with E-state index in [0.29, 0.717) is 0 Å². The van der Waals surface area contributed by atoms with E-state index in [2.05, 4.69) is 4.72 Å². The molecule has 0 fully saturated rings. The molecule has 0 saturated carbocycles. The highest BCUT2D eigenvalue weighted by Crippen LogP contribution is 2.21. The smallest absolute Gasteiger partial charge is 0.172 e. The van der Waals surface area contributed by atoms with Crippen LogP contribution in [-0.2, 0) is 9.06 Å². The van der Waals surface area contributed by atoms with Crippen LogP contribution < -0.4 is 4.72 Å². The van der Waals surface area contributed by atoms with Crippen molar-refractivity contribution in [3.63, 3.8) is 0 Å². The summed E-state index contributed by atoms with van der Waals surface area (Å²) in [7, 11) is -2.41. The molecule has 0 aliphatic carbocycles. The summed E-state index contributed by atoms with van der Waals surface area (Å²) in [4.78, 5) is 0. The van der Waals surface area contributed by atoms with Gasteiger partial charge in [-0.05, 0) is 12.1 Å². The molecular weight excluding hydrogens is 170 g/mol. The normalized spacial score (nSPS) is 11.7. The van der Waals surface area contributed by atoms with Gasteiger partial charge in [-0.2, -0.15) is 13.1 Å². The highest BCUT2D eigenvalue weighted by atomic mass is 33.2. The second-order valence-electron chi connectivity index (χ2n) is 1.64. The lowest BCUT2D eigenvalue weighted by molar-refractivity contribution is 0.603. The highest BCUT2D eigenvalue weighted by Gasteiger charge is 2.19. The first-order valence-corrected chi connectivity index (χ1v) is 6.03. The van der Waals surface area contributed by atoms with Crippen molar-refractivity contribution in [2.24, 2.45) is 0 Å². The van der Waals surface area contributed by atoms with Crippen molar-refractivity contribution in [3.05, 3.63) is 22.9 Å². The minimum Gasteiger partial charge on any atom is -0.172 e. The first kappa shape index (κ1) is 7.71. The van der Waals surface area contributed by atoms with Crippen molar-refractivity contribution in [1.82, 2.24) is 4.72 Å². The Morgan fingerprint density at radius 1 is 1.30 bits per heavy atom. The molecule has 1 aromatic heterocycles. The molecule has 0 atom stereocenters. The molecule has 0 unspecified atom stereocenters. The summed E-state index contributed by atoms with van der Waals surface area (Å²) in [5.41, 5.74) is 0. The third-order valence-corrected chi connectivity index (χ3v) is 5.58. The second-order valence-corrected chi connectivity index (χ2v) is 6.63. The summed E-state index contributed by atoms with van der Waals surface area (Å²) in [6, 6.07) is 3.47.